The van der Waals surface area contributed by atoms with Crippen LogP contribution in [0, 0.1) is 0 Å². The summed E-state index contributed by atoms with van der Waals surface area (Å²) in [6.45, 7) is 1.67. The molecular weight excluding hydrogens is 412 g/mol. The number of nitrogens with zero attached hydrogens (tertiary/aromatic N) is 1. The first-order valence-electron chi connectivity index (χ1n) is 10.6. The molecule has 8 nitrogen and oxygen atoms in total. The minimum atomic E-state index is -1.12. The molecule has 0 heterocycles. The maximum Gasteiger partial charge on any atom is 0.407 e. The van der Waals surface area contributed by atoms with E-state index in [0.29, 0.717) is 6.42 Å². The summed E-state index contributed by atoms with van der Waals surface area (Å²) < 4.78 is 10.6. The first-order valence-corrected chi connectivity index (χ1v) is 10.6. The SMILES string of the molecule is CCCN(CC(=O)O)C(=O)C(COC)NC(=O)OCC1c2ccccc2-c2ccccc21. The lowest BCUT2D eigenvalue weighted by Crippen LogP contribution is -2.52. The fourth-order valence-electron chi connectivity index (χ4n) is 4.04. The number of ether oxygens (including phenoxy) is 2. The minimum absolute atomic E-state index is 0.0944. The second-order valence-electron chi connectivity index (χ2n) is 7.63. The molecule has 1 atom stereocenters. The minimum Gasteiger partial charge on any atom is -0.480 e. The highest BCUT2D eigenvalue weighted by molar-refractivity contribution is 5.88. The Bertz CT molecular complexity index is 931. The molecule has 0 fully saturated rings. The number of rotatable bonds is 10. The Kier molecular flexibility index (Phi) is 7.83. The van der Waals surface area contributed by atoms with Crippen LogP contribution in [0.25, 0.3) is 11.1 Å². The predicted octanol–water partition coefficient (Wildman–Crippen LogP) is 2.86. The molecule has 3 rings (SSSR count). The van der Waals surface area contributed by atoms with Crippen LogP contribution >= 0.6 is 0 Å². The van der Waals surface area contributed by atoms with E-state index >= 15 is 0 Å². The number of carbonyl (C=O) groups is 3. The van der Waals surface area contributed by atoms with Crippen molar-refractivity contribution in [3.8, 4) is 11.1 Å². The molecular formula is C24H28N2O6. The van der Waals surface area contributed by atoms with Crippen LogP contribution in [0.1, 0.15) is 30.4 Å². The molecule has 1 aliphatic carbocycles. The zero-order valence-electron chi connectivity index (χ0n) is 18.2. The number of fused-ring (bicyclic) bond motifs is 3. The van der Waals surface area contributed by atoms with E-state index in [2.05, 4.69) is 5.32 Å². The van der Waals surface area contributed by atoms with E-state index in [9.17, 15) is 14.4 Å². The molecule has 0 radical (unpaired) electrons. The normalized spacial score (nSPS) is 13.1. The molecule has 0 bridgehead atoms. The third-order valence-corrected chi connectivity index (χ3v) is 5.40. The summed E-state index contributed by atoms with van der Waals surface area (Å²) in [6, 6.07) is 15.0. The molecule has 0 saturated carbocycles. The van der Waals surface area contributed by atoms with Gasteiger partial charge in [0, 0.05) is 19.6 Å². The van der Waals surface area contributed by atoms with Crippen molar-refractivity contribution in [2.45, 2.75) is 25.3 Å². The van der Waals surface area contributed by atoms with Crippen LogP contribution in [-0.4, -0.2) is 67.4 Å². The van der Waals surface area contributed by atoms with Gasteiger partial charge in [-0.25, -0.2) is 4.79 Å². The van der Waals surface area contributed by atoms with E-state index in [4.69, 9.17) is 14.6 Å². The Morgan fingerprint density at radius 1 is 1.06 bits per heavy atom. The fourth-order valence-corrected chi connectivity index (χ4v) is 4.04. The number of alkyl carbamates (subject to hydrolysis) is 1. The quantitative estimate of drug-likeness (QED) is 0.589. The van der Waals surface area contributed by atoms with Crippen molar-refractivity contribution < 1.29 is 29.0 Å². The van der Waals surface area contributed by atoms with Crippen molar-refractivity contribution in [3.63, 3.8) is 0 Å². The first kappa shape index (κ1) is 23.3. The Morgan fingerprint density at radius 3 is 2.19 bits per heavy atom. The third kappa shape index (κ3) is 5.26. The van der Waals surface area contributed by atoms with Gasteiger partial charge in [0.1, 0.15) is 19.2 Å². The zero-order valence-corrected chi connectivity index (χ0v) is 18.2. The summed E-state index contributed by atoms with van der Waals surface area (Å²) in [6.07, 6.45) is -0.169. The van der Waals surface area contributed by atoms with Crippen LogP contribution < -0.4 is 5.32 Å². The Hall–Kier alpha value is -3.39. The Labute approximate surface area is 187 Å². The van der Waals surface area contributed by atoms with Crippen molar-refractivity contribution in [3.05, 3.63) is 59.7 Å². The second-order valence-corrected chi connectivity index (χ2v) is 7.63. The molecule has 0 aliphatic heterocycles. The van der Waals surface area contributed by atoms with Gasteiger partial charge in [0.15, 0.2) is 0 Å². The highest BCUT2D eigenvalue weighted by Gasteiger charge is 2.31. The van der Waals surface area contributed by atoms with Gasteiger partial charge < -0.3 is 24.8 Å². The third-order valence-electron chi connectivity index (χ3n) is 5.40. The molecule has 2 amide bonds. The second kappa shape index (κ2) is 10.8. The largest absolute Gasteiger partial charge is 0.480 e. The molecule has 2 aromatic rings. The van der Waals surface area contributed by atoms with Crippen LogP contribution in [0.5, 0.6) is 0 Å². The number of carboxylic acids is 1. The number of aliphatic carboxylic acids is 1. The van der Waals surface area contributed by atoms with Gasteiger partial charge in [-0.2, -0.15) is 0 Å². The summed E-state index contributed by atoms with van der Waals surface area (Å²) in [5, 5.41) is 11.6. The molecule has 32 heavy (non-hydrogen) atoms. The Balaban J connectivity index is 1.67. The number of methoxy groups -OCH3 is 1. The highest BCUT2D eigenvalue weighted by atomic mass is 16.5. The molecule has 8 heteroatoms. The fraction of sp³-hybridized carbons (Fsp3) is 0.375. The zero-order chi connectivity index (χ0) is 23.1. The van der Waals surface area contributed by atoms with Crippen molar-refractivity contribution in [1.29, 1.82) is 0 Å². The number of hydrogen-bond donors (Lipinski definition) is 2. The lowest BCUT2D eigenvalue weighted by Gasteiger charge is -2.26. The average molecular weight is 440 g/mol. The van der Waals surface area contributed by atoms with Gasteiger partial charge in [-0.05, 0) is 28.7 Å². The number of carbonyl (C=O) groups excluding carboxylic acids is 2. The lowest BCUT2D eigenvalue weighted by molar-refractivity contribution is -0.145. The van der Waals surface area contributed by atoms with Crippen molar-refractivity contribution in [1.82, 2.24) is 10.2 Å². The maximum absolute atomic E-state index is 12.8. The van der Waals surface area contributed by atoms with Gasteiger partial charge in [0.25, 0.3) is 0 Å². The van der Waals surface area contributed by atoms with Crippen LogP contribution in [0.15, 0.2) is 48.5 Å². The summed E-state index contributed by atoms with van der Waals surface area (Å²) in [7, 11) is 1.40. The topological polar surface area (TPSA) is 105 Å². The summed E-state index contributed by atoms with van der Waals surface area (Å²) in [5.74, 6) is -1.75. The molecule has 2 N–H and O–H groups in total. The summed E-state index contributed by atoms with van der Waals surface area (Å²) >= 11 is 0. The van der Waals surface area contributed by atoms with Gasteiger partial charge in [0.05, 0.1) is 6.61 Å². The first-order chi connectivity index (χ1) is 15.5. The summed E-state index contributed by atoms with van der Waals surface area (Å²) in [4.78, 5) is 37.6. The van der Waals surface area contributed by atoms with Crippen LogP contribution in [0.4, 0.5) is 4.79 Å². The van der Waals surface area contributed by atoms with Crippen molar-refractivity contribution in [2.24, 2.45) is 0 Å². The number of hydrogen-bond acceptors (Lipinski definition) is 5. The van der Waals surface area contributed by atoms with E-state index in [1.807, 2.05) is 55.5 Å². The standard InChI is InChI=1S/C24H28N2O6/c1-3-12-26(13-22(27)28)23(29)21(15-31-2)25-24(30)32-14-20-18-10-6-4-8-16(18)17-9-5-7-11-19(17)20/h4-11,20-21H,3,12-15H2,1-2H3,(H,25,30)(H,27,28). The van der Waals surface area contributed by atoms with Gasteiger partial charge in [-0.15, -0.1) is 0 Å². The lowest BCUT2D eigenvalue weighted by atomic mass is 9.98. The molecule has 170 valence electrons. The number of amides is 2. The number of benzene rings is 2. The molecule has 1 aliphatic rings. The van der Waals surface area contributed by atoms with E-state index in [0.717, 1.165) is 22.3 Å². The Morgan fingerprint density at radius 2 is 1.66 bits per heavy atom. The van der Waals surface area contributed by atoms with Crippen molar-refractivity contribution in [2.75, 3.05) is 33.4 Å². The van der Waals surface area contributed by atoms with E-state index in [1.165, 1.54) is 12.0 Å². The summed E-state index contributed by atoms with van der Waals surface area (Å²) in [5.41, 5.74) is 4.41. The van der Waals surface area contributed by atoms with Crippen LogP contribution in [-0.2, 0) is 19.1 Å². The molecule has 2 aromatic carbocycles. The number of nitrogens with one attached hydrogen (secondary N) is 1. The number of carboxylic acid groups (broad SMARTS) is 1. The van der Waals surface area contributed by atoms with Crippen LogP contribution in [0.2, 0.25) is 0 Å². The van der Waals surface area contributed by atoms with E-state index in [-0.39, 0.29) is 25.7 Å². The molecule has 1 unspecified atom stereocenters. The molecule has 0 spiro atoms. The van der Waals surface area contributed by atoms with Gasteiger partial charge in [0.2, 0.25) is 5.91 Å². The monoisotopic (exact) mass is 440 g/mol. The predicted molar refractivity (Wildman–Crippen MR) is 118 cm³/mol. The van der Waals surface area contributed by atoms with Gasteiger partial charge in [-0.1, -0.05) is 55.5 Å². The van der Waals surface area contributed by atoms with E-state index < -0.39 is 30.6 Å². The maximum atomic E-state index is 12.8. The smallest absolute Gasteiger partial charge is 0.407 e. The van der Waals surface area contributed by atoms with Gasteiger partial charge in [-0.3, -0.25) is 9.59 Å². The molecule has 0 aromatic heterocycles. The van der Waals surface area contributed by atoms with Crippen molar-refractivity contribution >= 4 is 18.0 Å². The van der Waals surface area contributed by atoms with Crippen LogP contribution in [0.3, 0.4) is 0 Å². The van der Waals surface area contributed by atoms with E-state index in [1.54, 1.807) is 0 Å². The van der Waals surface area contributed by atoms with Gasteiger partial charge >= 0.3 is 12.1 Å². The average Bonchev–Trinajstić information content (AvgIpc) is 3.10. The molecule has 0 saturated heterocycles. The highest BCUT2D eigenvalue weighted by Crippen LogP contribution is 2.44.